The Bertz CT molecular complexity index is 102. The highest BCUT2D eigenvalue weighted by Crippen LogP contribution is 2.10. The summed E-state index contributed by atoms with van der Waals surface area (Å²) in [6.45, 7) is 1.79. The highest BCUT2D eigenvalue weighted by molar-refractivity contribution is 4.54. The third kappa shape index (κ3) is 2.39. The van der Waals surface area contributed by atoms with Crippen molar-refractivity contribution >= 4 is 0 Å². The quantitative estimate of drug-likeness (QED) is 0.423. The molecule has 11 heavy (non-hydrogen) atoms. The molecule has 0 aromatic rings. The number of hydrazine groups is 2. The molecule has 0 amide bonds. The van der Waals surface area contributed by atoms with Gasteiger partial charge >= 0.3 is 0 Å². The zero-order valence-electron chi connectivity index (χ0n) is 7.76. The van der Waals surface area contributed by atoms with Gasteiger partial charge in [0.15, 0.2) is 0 Å². The van der Waals surface area contributed by atoms with Gasteiger partial charge in [0.2, 0.25) is 0 Å². The van der Waals surface area contributed by atoms with Crippen LogP contribution < -0.4 is 10.9 Å². The molecular weight excluding hydrogens is 146 g/mol. The minimum Gasteiger partial charge on any atom is -0.339 e. The molecule has 5 nitrogen and oxygen atoms in total. The molecule has 0 aromatic heterocycles. The molecule has 2 N–H and O–H groups in total. The summed E-state index contributed by atoms with van der Waals surface area (Å²) in [6.07, 6.45) is 0. The lowest BCUT2D eigenvalue weighted by molar-refractivity contribution is -0.310. The number of rotatable bonds is 5. The number of hydrogen-bond donors (Lipinski definition) is 2. The van der Waals surface area contributed by atoms with Crippen LogP contribution in [0.3, 0.4) is 0 Å². The zero-order chi connectivity index (χ0) is 8.91. The SMILES string of the molecule is CNN(NC)C(C)(OC)OC. The summed E-state index contributed by atoms with van der Waals surface area (Å²) < 4.78 is 10.2. The van der Waals surface area contributed by atoms with Crippen molar-refractivity contribution in [2.24, 2.45) is 0 Å². The number of ether oxygens (including phenoxy) is 2. The molecule has 0 saturated heterocycles. The van der Waals surface area contributed by atoms with Crippen LogP contribution in [0.15, 0.2) is 0 Å². The maximum atomic E-state index is 5.11. The lowest BCUT2D eigenvalue weighted by Gasteiger charge is -2.36. The van der Waals surface area contributed by atoms with Crippen molar-refractivity contribution in [3.63, 3.8) is 0 Å². The Morgan fingerprint density at radius 3 is 1.55 bits per heavy atom. The van der Waals surface area contributed by atoms with Crippen LogP contribution in [0.25, 0.3) is 0 Å². The number of nitrogens with one attached hydrogen (secondary N) is 2. The van der Waals surface area contributed by atoms with Crippen LogP contribution in [0.5, 0.6) is 0 Å². The third-order valence-electron chi connectivity index (χ3n) is 1.61. The van der Waals surface area contributed by atoms with Crippen molar-refractivity contribution in [1.29, 1.82) is 0 Å². The van der Waals surface area contributed by atoms with Gasteiger partial charge < -0.3 is 9.47 Å². The van der Waals surface area contributed by atoms with E-state index < -0.39 is 5.91 Å². The molecule has 0 bridgehead atoms. The van der Waals surface area contributed by atoms with Crippen molar-refractivity contribution in [2.45, 2.75) is 12.8 Å². The Morgan fingerprint density at radius 2 is 1.45 bits per heavy atom. The first-order valence-corrected chi connectivity index (χ1v) is 3.40. The van der Waals surface area contributed by atoms with Gasteiger partial charge in [-0.15, -0.1) is 5.12 Å². The molecule has 68 valence electrons. The van der Waals surface area contributed by atoms with Crippen molar-refractivity contribution in [2.75, 3.05) is 28.3 Å². The molecule has 0 aliphatic heterocycles. The lowest BCUT2D eigenvalue weighted by atomic mass is 10.5. The fourth-order valence-electron chi connectivity index (χ4n) is 0.784. The van der Waals surface area contributed by atoms with E-state index in [0.29, 0.717) is 0 Å². The molecule has 5 heteroatoms. The molecular formula is C6H17N3O2. The second-order valence-corrected chi connectivity index (χ2v) is 2.09. The summed E-state index contributed by atoms with van der Waals surface area (Å²) in [6, 6.07) is 0. The first-order valence-electron chi connectivity index (χ1n) is 3.40. The molecule has 0 saturated carbocycles. The van der Waals surface area contributed by atoms with Crippen LogP contribution in [-0.4, -0.2) is 39.3 Å². The van der Waals surface area contributed by atoms with E-state index in [0.717, 1.165) is 0 Å². The van der Waals surface area contributed by atoms with E-state index >= 15 is 0 Å². The molecule has 0 aliphatic rings. The standard InChI is InChI=1S/C6H17N3O2/c1-6(10-4,11-5)9(7-2)8-3/h7-8H,1-5H3. The predicted octanol–water partition coefficient (Wildman–Crippen LogP) is -0.476. The van der Waals surface area contributed by atoms with Gasteiger partial charge in [0.05, 0.1) is 0 Å². The Morgan fingerprint density at radius 1 is 1.09 bits per heavy atom. The molecule has 0 rings (SSSR count). The van der Waals surface area contributed by atoms with Crippen molar-refractivity contribution in [3.8, 4) is 0 Å². The number of hydrogen-bond acceptors (Lipinski definition) is 5. The summed E-state index contributed by atoms with van der Waals surface area (Å²) in [5.41, 5.74) is 5.73. The molecule has 0 unspecified atom stereocenters. The normalized spacial score (nSPS) is 12.5. The smallest absolute Gasteiger partial charge is 0.252 e. The van der Waals surface area contributed by atoms with Crippen LogP contribution in [0, 0.1) is 0 Å². The summed E-state index contributed by atoms with van der Waals surface area (Å²) in [5, 5.41) is 1.60. The molecule has 0 fully saturated rings. The van der Waals surface area contributed by atoms with Crippen LogP contribution in [-0.2, 0) is 9.47 Å². The third-order valence-corrected chi connectivity index (χ3v) is 1.61. The van der Waals surface area contributed by atoms with Gasteiger partial charge in [-0.05, 0) is 0 Å². The largest absolute Gasteiger partial charge is 0.339 e. The van der Waals surface area contributed by atoms with E-state index in [9.17, 15) is 0 Å². The van der Waals surface area contributed by atoms with Gasteiger partial charge in [-0.1, -0.05) is 0 Å². The van der Waals surface area contributed by atoms with Crippen LogP contribution in [0.2, 0.25) is 0 Å². The molecule has 0 spiro atoms. The lowest BCUT2D eigenvalue weighted by Crippen LogP contribution is -2.60. The van der Waals surface area contributed by atoms with Crippen LogP contribution in [0.1, 0.15) is 6.92 Å². The Labute approximate surface area is 67.6 Å². The van der Waals surface area contributed by atoms with Crippen molar-refractivity contribution in [3.05, 3.63) is 0 Å². The summed E-state index contributed by atoms with van der Waals surface area (Å²) >= 11 is 0. The average molecular weight is 163 g/mol. The Kier molecular flexibility index (Phi) is 4.55. The fraction of sp³-hybridized carbons (Fsp3) is 1.00. The predicted molar refractivity (Wildman–Crippen MR) is 42.4 cm³/mol. The fourth-order valence-corrected chi connectivity index (χ4v) is 0.784. The van der Waals surface area contributed by atoms with Crippen molar-refractivity contribution in [1.82, 2.24) is 16.0 Å². The maximum absolute atomic E-state index is 5.11. The van der Waals surface area contributed by atoms with Gasteiger partial charge in [-0.2, -0.15) is 0 Å². The monoisotopic (exact) mass is 163 g/mol. The molecule has 0 aliphatic carbocycles. The second-order valence-electron chi connectivity index (χ2n) is 2.09. The van der Waals surface area contributed by atoms with Gasteiger partial charge in [-0.3, -0.25) is 0 Å². The van der Waals surface area contributed by atoms with Crippen LogP contribution >= 0.6 is 0 Å². The first kappa shape index (κ1) is 10.8. The Hall–Kier alpha value is -0.200. The van der Waals surface area contributed by atoms with Gasteiger partial charge in [0, 0.05) is 35.2 Å². The Balaban J connectivity index is 4.19. The number of methoxy groups -OCH3 is 2. The molecule has 0 heterocycles. The summed E-state index contributed by atoms with van der Waals surface area (Å²) in [7, 11) is 6.69. The molecule has 0 aromatic carbocycles. The summed E-state index contributed by atoms with van der Waals surface area (Å²) in [5.74, 6) is -0.788. The van der Waals surface area contributed by atoms with Gasteiger partial charge in [0.25, 0.3) is 5.91 Å². The average Bonchev–Trinajstić information content (AvgIpc) is 2.06. The summed E-state index contributed by atoms with van der Waals surface area (Å²) in [4.78, 5) is 0. The molecule has 0 radical (unpaired) electrons. The van der Waals surface area contributed by atoms with E-state index in [2.05, 4.69) is 10.9 Å². The zero-order valence-corrected chi connectivity index (χ0v) is 7.76. The topological polar surface area (TPSA) is 45.8 Å². The maximum Gasteiger partial charge on any atom is 0.252 e. The van der Waals surface area contributed by atoms with Gasteiger partial charge in [0.1, 0.15) is 0 Å². The van der Waals surface area contributed by atoms with Crippen LogP contribution in [0.4, 0.5) is 0 Å². The minimum atomic E-state index is -0.788. The van der Waals surface area contributed by atoms with E-state index in [1.807, 2.05) is 0 Å². The molecule has 0 atom stereocenters. The van der Waals surface area contributed by atoms with E-state index in [-0.39, 0.29) is 0 Å². The first-order chi connectivity index (χ1) is 5.14. The van der Waals surface area contributed by atoms with E-state index in [4.69, 9.17) is 9.47 Å². The highest BCUT2D eigenvalue weighted by atomic mass is 16.7. The van der Waals surface area contributed by atoms with E-state index in [1.54, 1.807) is 40.4 Å². The van der Waals surface area contributed by atoms with E-state index in [1.165, 1.54) is 0 Å². The second kappa shape index (κ2) is 4.63. The highest BCUT2D eigenvalue weighted by Gasteiger charge is 2.30. The number of nitrogens with zero attached hydrogens (tertiary/aromatic N) is 1. The minimum absolute atomic E-state index is 0.788. The van der Waals surface area contributed by atoms with Crippen molar-refractivity contribution < 1.29 is 9.47 Å². The van der Waals surface area contributed by atoms with Gasteiger partial charge in [-0.25, -0.2) is 10.9 Å².